The van der Waals surface area contributed by atoms with Gasteiger partial charge in [-0.25, -0.2) is 0 Å². The van der Waals surface area contributed by atoms with Crippen LogP contribution in [0, 0.1) is 46.3 Å². The van der Waals surface area contributed by atoms with Gasteiger partial charge in [0.25, 0.3) is 0 Å². The predicted octanol–water partition coefficient (Wildman–Crippen LogP) is 2.70. The second kappa shape index (κ2) is 11.4. The molecule has 0 spiro atoms. The van der Waals surface area contributed by atoms with E-state index in [1.165, 1.54) is 5.57 Å². The van der Waals surface area contributed by atoms with Gasteiger partial charge in [-0.1, -0.05) is 20.8 Å². The van der Waals surface area contributed by atoms with Gasteiger partial charge in [0.15, 0.2) is 6.29 Å². The fourth-order valence-corrected chi connectivity index (χ4v) is 10.4. The Morgan fingerprint density at radius 1 is 1.02 bits per heavy atom. The zero-order valence-electron chi connectivity index (χ0n) is 25.7. The van der Waals surface area contributed by atoms with Gasteiger partial charge in [0.2, 0.25) is 0 Å². The Morgan fingerprint density at radius 2 is 1.79 bits per heavy atom. The van der Waals surface area contributed by atoms with E-state index in [9.17, 15) is 30.3 Å². The van der Waals surface area contributed by atoms with Crippen LogP contribution in [0.3, 0.4) is 0 Å². The highest BCUT2D eigenvalue weighted by molar-refractivity contribution is 5.87. The molecule has 0 amide bonds. The van der Waals surface area contributed by atoms with Crippen LogP contribution in [0.4, 0.5) is 0 Å². The molecule has 2 heterocycles. The quantitative estimate of drug-likeness (QED) is 0.301. The van der Waals surface area contributed by atoms with Gasteiger partial charge >= 0.3 is 0 Å². The topological polar surface area (TPSA) is 146 Å². The first-order valence-electron chi connectivity index (χ1n) is 16.4. The summed E-state index contributed by atoms with van der Waals surface area (Å²) >= 11 is 0. The molecule has 5 N–H and O–H groups in total. The summed E-state index contributed by atoms with van der Waals surface area (Å²) in [5.74, 6) is 3.49. The Kier molecular flexibility index (Phi) is 8.38. The molecule has 0 unspecified atom stereocenters. The van der Waals surface area contributed by atoms with Crippen molar-refractivity contribution in [1.82, 2.24) is 0 Å². The number of carbonyl (C=O) groups excluding carboxylic acids is 1. The third kappa shape index (κ3) is 4.81. The van der Waals surface area contributed by atoms with E-state index in [4.69, 9.17) is 14.2 Å². The maximum absolute atomic E-state index is 14.1. The number of carbonyl (C=O) groups is 1. The maximum atomic E-state index is 14.1. The molecule has 238 valence electrons. The molecule has 0 bridgehead atoms. The monoisotopic (exact) mass is 592 g/mol. The Balaban J connectivity index is 1.08. The van der Waals surface area contributed by atoms with Crippen molar-refractivity contribution in [3.05, 3.63) is 11.3 Å². The summed E-state index contributed by atoms with van der Waals surface area (Å²) in [5, 5.41) is 50.0. The number of aliphatic hydroxyl groups excluding tert-OH is 5. The van der Waals surface area contributed by atoms with E-state index in [2.05, 4.69) is 20.8 Å². The standard InChI is InChI=1S/C33H52O9/c1-16(15-40-31-30(39)29(38)28(37)25(14-34)42-31)5-8-23-17(2)27-24(41-23)12-22-20-7-6-18-11-19(35)9-10-32(18,3)21(20)13-26(36)33(22,27)4/h16,18-22,24-25,27-31,34-35,37-39H,5-15H2,1-4H3/t16-,18-,19-,20+,21-,22-,24-,25+,27-,28+,29-,30+,31+,32-,33+/m0/s1. The number of rotatable bonds is 7. The van der Waals surface area contributed by atoms with Crippen molar-refractivity contribution in [2.75, 3.05) is 13.2 Å². The lowest BCUT2D eigenvalue weighted by molar-refractivity contribution is -0.303. The van der Waals surface area contributed by atoms with E-state index in [0.717, 1.165) is 57.1 Å². The van der Waals surface area contributed by atoms with Gasteiger partial charge in [-0.15, -0.1) is 0 Å². The lowest BCUT2D eigenvalue weighted by Gasteiger charge is -2.60. The minimum Gasteiger partial charge on any atom is -0.494 e. The minimum absolute atomic E-state index is 0.0529. The van der Waals surface area contributed by atoms with Gasteiger partial charge in [0.1, 0.15) is 36.3 Å². The zero-order chi connectivity index (χ0) is 30.1. The van der Waals surface area contributed by atoms with Gasteiger partial charge in [-0.2, -0.15) is 0 Å². The lowest BCUT2D eigenvalue weighted by Crippen LogP contribution is -2.59. The number of allylic oxidation sites excluding steroid dienone is 1. The smallest absolute Gasteiger partial charge is 0.186 e. The first-order valence-corrected chi connectivity index (χ1v) is 16.4. The van der Waals surface area contributed by atoms with Crippen LogP contribution in [0.25, 0.3) is 0 Å². The van der Waals surface area contributed by atoms with Crippen molar-refractivity contribution in [2.45, 2.75) is 128 Å². The van der Waals surface area contributed by atoms with E-state index >= 15 is 0 Å². The van der Waals surface area contributed by atoms with Crippen LogP contribution < -0.4 is 0 Å². The molecule has 1 saturated heterocycles. The van der Waals surface area contributed by atoms with Crippen molar-refractivity contribution in [1.29, 1.82) is 0 Å². The highest BCUT2D eigenvalue weighted by Crippen LogP contribution is 2.68. The summed E-state index contributed by atoms with van der Waals surface area (Å²) in [4.78, 5) is 14.1. The van der Waals surface area contributed by atoms with Gasteiger partial charge in [-0.3, -0.25) is 4.79 Å². The summed E-state index contributed by atoms with van der Waals surface area (Å²) < 4.78 is 17.9. The second-order valence-corrected chi connectivity index (χ2v) is 15.1. The molecule has 6 rings (SSSR count). The molecule has 9 nitrogen and oxygen atoms in total. The van der Waals surface area contributed by atoms with Crippen molar-refractivity contribution >= 4 is 5.78 Å². The first-order chi connectivity index (χ1) is 19.9. The van der Waals surface area contributed by atoms with Gasteiger partial charge in [0, 0.05) is 24.2 Å². The van der Waals surface area contributed by atoms with Gasteiger partial charge < -0.3 is 39.7 Å². The van der Waals surface area contributed by atoms with E-state index in [1.807, 2.05) is 6.92 Å². The van der Waals surface area contributed by atoms with Crippen molar-refractivity contribution in [3.63, 3.8) is 0 Å². The third-order valence-corrected chi connectivity index (χ3v) is 13.0. The number of hydrogen-bond acceptors (Lipinski definition) is 9. The summed E-state index contributed by atoms with van der Waals surface area (Å²) in [5.41, 5.74) is 0.994. The number of ether oxygens (including phenoxy) is 3. The molecule has 0 radical (unpaired) electrons. The van der Waals surface area contributed by atoms with Crippen LogP contribution in [0.1, 0.15) is 85.5 Å². The highest BCUT2D eigenvalue weighted by atomic mass is 16.7. The van der Waals surface area contributed by atoms with Crippen LogP contribution in [0.2, 0.25) is 0 Å². The number of fused-ring (bicyclic) bond motifs is 7. The summed E-state index contributed by atoms with van der Waals surface area (Å²) in [6.07, 6.45) is 1.73. The second-order valence-electron chi connectivity index (χ2n) is 15.1. The molecule has 2 aliphatic heterocycles. The minimum atomic E-state index is -1.45. The zero-order valence-corrected chi connectivity index (χ0v) is 25.7. The van der Waals surface area contributed by atoms with E-state index in [1.54, 1.807) is 0 Å². The average molecular weight is 593 g/mol. The Labute approximate surface area is 249 Å². The first kappa shape index (κ1) is 30.9. The Morgan fingerprint density at radius 3 is 2.52 bits per heavy atom. The SMILES string of the molecule is CC1=C(CC[C@H](C)CO[C@@H]2O[C@H](CO)[C@@H](O)[C@H](O)[C@H]2O)O[C@H]2C[C@H]3[C@@H]4CC[C@H]5C[C@@H](O)CC[C@]5(C)[C@H]4CC(=O)[C@]3(C)[C@@H]12. The van der Waals surface area contributed by atoms with E-state index < -0.39 is 37.3 Å². The molecule has 6 aliphatic rings. The molecule has 4 saturated carbocycles. The molecule has 4 aliphatic carbocycles. The Bertz CT molecular complexity index is 1060. The maximum Gasteiger partial charge on any atom is 0.186 e. The fraction of sp³-hybridized carbons (Fsp3) is 0.909. The van der Waals surface area contributed by atoms with Crippen LogP contribution in [-0.2, 0) is 19.0 Å². The van der Waals surface area contributed by atoms with Crippen molar-refractivity contribution in [2.24, 2.45) is 46.3 Å². The number of hydrogen-bond donors (Lipinski definition) is 5. The van der Waals surface area contributed by atoms with Gasteiger partial charge in [0.05, 0.1) is 25.1 Å². The molecule has 0 aromatic rings. The lowest BCUT2D eigenvalue weighted by atomic mass is 9.44. The van der Waals surface area contributed by atoms with Crippen molar-refractivity contribution < 1.29 is 44.5 Å². The van der Waals surface area contributed by atoms with E-state index in [0.29, 0.717) is 35.9 Å². The van der Waals surface area contributed by atoms with Crippen LogP contribution in [0.5, 0.6) is 0 Å². The van der Waals surface area contributed by atoms with Crippen LogP contribution in [0.15, 0.2) is 11.3 Å². The molecular weight excluding hydrogens is 540 g/mol. The molecule has 0 aromatic heterocycles. The summed E-state index contributed by atoms with van der Waals surface area (Å²) in [7, 11) is 0. The molecule has 0 aromatic carbocycles. The Hall–Kier alpha value is -1.07. The van der Waals surface area contributed by atoms with Crippen LogP contribution in [-0.4, -0.2) is 87.4 Å². The molecule has 5 fully saturated rings. The summed E-state index contributed by atoms with van der Waals surface area (Å²) in [6, 6.07) is 0. The molecular formula is C33H52O9. The number of aliphatic hydroxyl groups is 5. The van der Waals surface area contributed by atoms with Gasteiger partial charge in [-0.05, 0) is 92.4 Å². The third-order valence-electron chi connectivity index (χ3n) is 13.0. The largest absolute Gasteiger partial charge is 0.494 e. The number of Topliss-reactive ketones (excluding diaryl/α,β-unsaturated/α-hetero) is 1. The average Bonchev–Trinajstić information content (AvgIpc) is 3.45. The van der Waals surface area contributed by atoms with E-state index in [-0.39, 0.29) is 41.5 Å². The molecule has 15 atom stereocenters. The molecule has 9 heteroatoms. The normalized spacial score (nSPS) is 50.9. The highest BCUT2D eigenvalue weighted by Gasteiger charge is 2.67. The fourth-order valence-electron chi connectivity index (χ4n) is 10.4. The predicted molar refractivity (Wildman–Crippen MR) is 153 cm³/mol. The van der Waals surface area contributed by atoms with Crippen LogP contribution >= 0.6 is 0 Å². The van der Waals surface area contributed by atoms with Crippen molar-refractivity contribution in [3.8, 4) is 0 Å². The molecule has 42 heavy (non-hydrogen) atoms. The number of ketones is 1. The summed E-state index contributed by atoms with van der Waals surface area (Å²) in [6.45, 7) is 8.63.